The van der Waals surface area contributed by atoms with Gasteiger partial charge in [0.2, 0.25) is 0 Å². The molecule has 1 aliphatic carbocycles. The third-order valence-corrected chi connectivity index (χ3v) is 3.82. The number of thiophene rings is 1. The Morgan fingerprint density at radius 2 is 2.21 bits per heavy atom. The van der Waals surface area contributed by atoms with Crippen LogP contribution in [0.1, 0.15) is 42.0 Å². The molecule has 0 saturated heterocycles. The van der Waals surface area contributed by atoms with Crippen LogP contribution in [-0.4, -0.2) is 11.1 Å². The summed E-state index contributed by atoms with van der Waals surface area (Å²) in [5.41, 5.74) is 1.30. The van der Waals surface area contributed by atoms with E-state index in [1.165, 1.54) is 31.2 Å². The Hall–Kier alpha value is -0.830. The van der Waals surface area contributed by atoms with Crippen LogP contribution in [0.15, 0.2) is 11.4 Å². The zero-order valence-electron chi connectivity index (χ0n) is 8.03. The smallest absolute Gasteiger partial charge is 0.308 e. The second-order valence-corrected chi connectivity index (χ2v) is 4.85. The Kier molecular flexibility index (Phi) is 2.87. The minimum atomic E-state index is -0.716. The van der Waals surface area contributed by atoms with E-state index in [1.807, 2.05) is 5.38 Å². The predicted octanol–water partition coefficient (Wildman–Crippen LogP) is 3.03. The van der Waals surface area contributed by atoms with Gasteiger partial charge in [-0.2, -0.15) is 0 Å². The molecular formula is C11H14O2S. The van der Waals surface area contributed by atoms with Gasteiger partial charge >= 0.3 is 5.97 Å². The highest BCUT2D eigenvalue weighted by molar-refractivity contribution is 7.10. The first-order valence-electron chi connectivity index (χ1n) is 5.05. The maximum Gasteiger partial charge on any atom is 0.308 e. The number of carboxylic acids is 1. The van der Waals surface area contributed by atoms with Gasteiger partial charge in [0.15, 0.2) is 0 Å². The Morgan fingerprint density at radius 3 is 2.86 bits per heavy atom. The van der Waals surface area contributed by atoms with Gasteiger partial charge < -0.3 is 5.11 Å². The molecule has 0 atom stereocenters. The summed E-state index contributed by atoms with van der Waals surface area (Å²) < 4.78 is 0. The quantitative estimate of drug-likeness (QED) is 0.832. The largest absolute Gasteiger partial charge is 0.481 e. The molecule has 1 heterocycles. The predicted molar refractivity (Wildman–Crippen MR) is 56.9 cm³/mol. The van der Waals surface area contributed by atoms with Crippen molar-refractivity contribution in [3.63, 3.8) is 0 Å². The molecule has 0 aliphatic heterocycles. The molecule has 0 radical (unpaired) electrons. The van der Waals surface area contributed by atoms with Crippen molar-refractivity contribution in [2.45, 2.75) is 38.0 Å². The summed E-state index contributed by atoms with van der Waals surface area (Å²) in [6.07, 6.45) is 5.27. The molecular weight excluding hydrogens is 196 g/mol. The van der Waals surface area contributed by atoms with E-state index in [0.29, 0.717) is 5.92 Å². The highest BCUT2D eigenvalue weighted by Crippen LogP contribution is 2.37. The second-order valence-electron chi connectivity index (χ2n) is 3.85. The monoisotopic (exact) mass is 210 g/mol. The fourth-order valence-corrected chi connectivity index (χ4v) is 3.19. The van der Waals surface area contributed by atoms with E-state index in [2.05, 4.69) is 6.07 Å². The van der Waals surface area contributed by atoms with Crippen molar-refractivity contribution in [2.24, 2.45) is 0 Å². The molecule has 0 unspecified atom stereocenters. The van der Waals surface area contributed by atoms with Gasteiger partial charge in [-0.3, -0.25) is 4.79 Å². The van der Waals surface area contributed by atoms with Gasteiger partial charge in [-0.15, -0.1) is 11.3 Å². The van der Waals surface area contributed by atoms with Crippen molar-refractivity contribution in [2.75, 3.05) is 0 Å². The van der Waals surface area contributed by atoms with Crippen LogP contribution in [0.5, 0.6) is 0 Å². The van der Waals surface area contributed by atoms with Gasteiger partial charge in [0.05, 0.1) is 6.42 Å². The highest BCUT2D eigenvalue weighted by atomic mass is 32.1. The van der Waals surface area contributed by atoms with Crippen molar-refractivity contribution in [3.05, 3.63) is 21.9 Å². The van der Waals surface area contributed by atoms with Gasteiger partial charge in [-0.05, 0) is 35.8 Å². The highest BCUT2D eigenvalue weighted by Gasteiger charge is 2.21. The van der Waals surface area contributed by atoms with E-state index in [9.17, 15) is 4.79 Å². The molecule has 1 aliphatic rings. The van der Waals surface area contributed by atoms with Gasteiger partial charge in [0, 0.05) is 4.88 Å². The fraction of sp³-hybridized carbons (Fsp3) is 0.545. The average molecular weight is 210 g/mol. The minimum Gasteiger partial charge on any atom is -0.481 e. The Balaban J connectivity index is 2.15. The Bertz CT molecular complexity index is 324. The van der Waals surface area contributed by atoms with Crippen LogP contribution < -0.4 is 0 Å². The first kappa shape index (κ1) is 9.71. The summed E-state index contributed by atoms with van der Waals surface area (Å²) in [5, 5.41) is 10.8. The summed E-state index contributed by atoms with van der Waals surface area (Å²) in [6, 6.07) is 2.11. The first-order chi connectivity index (χ1) is 6.77. The van der Waals surface area contributed by atoms with Crippen LogP contribution in [-0.2, 0) is 11.2 Å². The van der Waals surface area contributed by atoms with Crippen LogP contribution in [0.25, 0.3) is 0 Å². The van der Waals surface area contributed by atoms with Crippen molar-refractivity contribution in [1.29, 1.82) is 0 Å². The van der Waals surface area contributed by atoms with Crippen molar-refractivity contribution >= 4 is 17.3 Å². The van der Waals surface area contributed by atoms with E-state index in [0.717, 1.165) is 4.88 Å². The summed E-state index contributed by atoms with van der Waals surface area (Å²) in [6.45, 7) is 0. The Morgan fingerprint density at radius 1 is 1.50 bits per heavy atom. The van der Waals surface area contributed by atoms with E-state index in [4.69, 9.17) is 5.11 Å². The summed E-state index contributed by atoms with van der Waals surface area (Å²) in [4.78, 5) is 11.7. The van der Waals surface area contributed by atoms with Gasteiger partial charge in [0.1, 0.15) is 0 Å². The average Bonchev–Trinajstić information content (AvgIpc) is 2.70. The number of rotatable bonds is 3. The lowest BCUT2D eigenvalue weighted by atomic mass is 9.97. The Labute approximate surface area is 87.6 Å². The SMILES string of the molecule is O=C(O)Cc1sccc1C1CCCC1. The van der Waals surface area contributed by atoms with Crippen LogP contribution in [0.4, 0.5) is 0 Å². The van der Waals surface area contributed by atoms with Crippen molar-refractivity contribution in [3.8, 4) is 0 Å². The third-order valence-electron chi connectivity index (χ3n) is 2.89. The molecule has 1 aromatic rings. The molecule has 1 fully saturated rings. The van der Waals surface area contributed by atoms with Crippen molar-refractivity contribution < 1.29 is 9.90 Å². The van der Waals surface area contributed by atoms with Gasteiger partial charge in [-0.25, -0.2) is 0 Å². The summed E-state index contributed by atoms with van der Waals surface area (Å²) >= 11 is 1.58. The molecule has 76 valence electrons. The van der Waals surface area contributed by atoms with E-state index >= 15 is 0 Å². The first-order valence-corrected chi connectivity index (χ1v) is 5.93. The maximum atomic E-state index is 10.6. The molecule has 1 saturated carbocycles. The molecule has 3 heteroatoms. The molecule has 2 rings (SSSR count). The van der Waals surface area contributed by atoms with Crippen LogP contribution >= 0.6 is 11.3 Å². The third kappa shape index (κ3) is 1.98. The number of hydrogen-bond acceptors (Lipinski definition) is 2. The number of carboxylic acid groups (broad SMARTS) is 1. The lowest BCUT2D eigenvalue weighted by Crippen LogP contribution is -2.02. The van der Waals surface area contributed by atoms with Gasteiger partial charge in [-0.1, -0.05) is 12.8 Å². The number of carbonyl (C=O) groups is 1. The normalized spacial score (nSPS) is 17.4. The molecule has 1 N–H and O–H groups in total. The number of hydrogen-bond donors (Lipinski definition) is 1. The topological polar surface area (TPSA) is 37.3 Å². The molecule has 14 heavy (non-hydrogen) atoms. The minimum absolute atomic E-state index is 0.198. The lowest BCUT2D eigenvalue weighted by molar-refractivity contribution is -0.136. The van der Waals surface area contributed by atoms with Gasteiger partial charge in [0.25, 0.3) is 0 Å². The van der Waals surface area contributed by atoms with Crippen LogP contribution in [0, 0.1) is 0 Å². The molecule has 2 nitrogen and oxygen atoms in total. The number of aliphatic carboxylic acids is 1. The molecule has 0 amide bonds. The van der Waals surface area contributed by atoms with E-state index in [1.54, 1.807) is 11.3 Å². The van der Waals surface area contributed by atoms with E-state index < -0.39 is 5.97 Å². The van der Waals surface area contributed by atoms with Crippen molar-refractivity contribution in [1.82, 2.24) is 0 Å². The maximum absolute atomic E-state index is 10.6. The molecule has 0 bridgehead atoms. The summed E-state index contributed by atoms with van der Waals surface area (Å²) in [7, 11) is 0. The standard InChI is InChI=1S/C11H14O2S/c12-11(13)7-10-9(5-6-14-10)8-3-1-2-4-8/h5-6,8H,1-4,7H2,(H,12,13). The fourth-order valence-electron chi connectivity index (χ4n) is 2.23. The van der Waals surface area contributed by atoms with Crippen LogP contribution in [0.3, 0.4) is 0 Å². The molecule has 1 aromatic heterocycles. The zero-order valence-corrected chi connectivity index (χ0v) is 8.85. The second kappa shape index (κ2) is 4.13. The van der Waals surface area contributed by atoms with E-state index in [-0.39, 0.29) is 6.42 Å². The lowest BCUT2D eigenvalue weighted by Gasteiger charge is -2.08. The summed E-state index contributed by atoms with van der Waals surface area (Å²) in [5.74, 6) is -0.0812. The van der Waals surface area contributed by atoms with Crippen LogP contribution in [0.2, 0.25) is 0 Å². The zero-order chi connectivity index (χ0) is 9.97. The molecule has 0 spiro atoms. The molecule has 0 aromatic carbocycles.